The standard InChI is InChI=1S/C14H19N3O.C7H11NOS2/c1-8(2)11-6-5-10(7-15)12(9(3)4)13(11)17-14(16)18;1-7(2,9)5-3-4-6(10-5)11-8/h5-6,8-9H,1-4H3,(H3,16,17,18);3-4,9H,8H2,1-2H3. The fourth-order valence-electron chi connectivity index (χ4n) is 2.79. The van der Waals surface area contributed by atoms with Crippen LogP contribution < -0.4 is 16.2 Å². The van der Waals surface area contributed by atoms with Crippen LogP contribution in [-0.2, 0) is 5.60 Å². The summed E-state index contributed by atoms with van der Waals surface area (Å²) in [5.74, 6) is 0.386. The van der Waals surface area contributed by atoms with Crippen LogP contribution in [0.3, 0.4) is 0 Å². The van der Waals surface area contributed by atoms with Crippen molar-refractivity contribution in [3.05, 3.63) is 45.8 Å². The van der Waals surface area contributed by atoms with E-state index in [4.69, 9.17) is 16.1 Å². The number of hydrogen-bond donors (Lipinski definition) is 4. The van der Waals surface area contributed by atoms with Gasteiger partial charge in [0.15, 0.2) is 0 Å². The van der Waals surface area contributed by atoms with Crippen molar-refractivity contribution in [3.63, 3.8) is 0 Å². The molecule has 0 atom stereocenters. The highest BCUT2D eigenvalue weighted by atomic mass is 32.2. The average Bonchev–Trinajstić information content (AvgIpc) is 3.10. The van der Waals surface area contributed by atoms with Gasteiger partial charge in [-0.3, -0.25) is 5.14 Å². The average molecular weight is 435 g/mol. The molecule has 1 heterocycles. The van der Waals surface area contributed by atoms with Crippen LogP contribution in [0.4, 0.5) is 10.5 Å². The molecule has 2 amide bonds. The molecular weight excluding hydrogens is 404 g/mol. The molecule has 2 aromatic rings. The van der Waals surface area contributed by atoms with E-state index in [0.717, 1.165) is 20.2 Å². The first kappa shape index (κ1) is 25.0. The number of nitrogens with zero attached hydrogens (tertiary/aromatic N) is 1. The van der Waals surface area contributed by atoms with Crippen molar-refractivity contribution in [1.29, 1.82) is 5.26 Å². The molecule has 0 aliphatic heterocycles. The van der Waals surface area contributed by atoms with Crippen molar-refractivity contribution >= 4 is 35.0 Å². The van der Waals surface area contributed by atoms with E-state index in [2.05, 4.69) is 11.4 Å². The third-order valence-corrected chi connectivity index (χ3v) is 6.25. The molecule has 6 nitrogen and oxygen atoms in total. The van der Waals surface area contributed by atoms with Crippen molar-refractivity contribution in [3.8, 4) is 6.07 Å². The molecular formula is C21H30N4O2S2. The zero-order valence-corrected chi connectivity index (χ0v) is 19.4. The predicted octanol–water partition coefficient (Wildman–Crippen LogP) is 5.24. The minimum atomic E-state index is -0.737. The number of nitrogens with two attached hydrogens (primary N) is 2. The summed E-state index contributed by atoms with van der Waals surface area (Å²) in [6, 6.07) is 9.06. The Morgan fingerprint density at radius 3 is 2.17 bits per heavy atom. The lowest BCUT2D eigenvalue weighted by atomic mass is 9.89. The highest BCUT2D eigenvalue weighted by molar-refractivity contribution is 7.99. The maximum Gasteiger partial charge on any atom is 0.316 e. The van der Waals surface area contributed by atoms with Crippen molar-refractivity contribution in [2.75, 3.05) is 5.32 Å². The number of primary amides is 1. The molecule has 0 radical (unpaired) electrons. The lowest BCUT2D eigenvalue weighted by Gasteiger charge is -2.20. The molecule has 29 heavy (non-hydrogen) atoms. The number of urea groups is 1. The van der Waals surface area contributed by atoms with Crippen LogP contribution >= 0.6 is 23.3 Å². The summed E-state index contributed by atoms with van der Waals surface area (Å²) < 4.78 is 1.03. The van der Waals surface area contributed by atoms with Crippen LogP contribution in [0.5, 0.6) is 0 Å². The third kappa shape index (κ3) is 7.05. The van der Waals surface area contributed by atoms with Crippen LogP contribution in [0.25, 0.3) is 0 Å². The van der Waals surface area contributed by atoms with Crippen LogP contribution in [0.15, 0.2) is 28.5 Å². The fraction of sp³-hybridized carbons (Fsp3) is 0.429. The molecule has 0 saturated heterocycles. The van der Waals surface area contributed by atoms with Gasteiger partial charge in [-0.25, -0.2) is 4.79 Å². The number of benzene rings is 1. The Labute approximate surface area is 181 Å². The molecule has 6 N–H and O–H groups in total. The first-order valence-corrected chi connectivity index (χ1v) is 10.9. The number of nitriles is 1. The Bertz CT molecular complexity index is 878. The SMILES string of the molecule is CC(C)(O)c1ccc(SN)s1.CC(C)c1ccc(C#N)c(C(C)C)c1NC(N)=O. The Morgan fingerprint density at radius 2 is 1.83 bits per heavy atom. The highest BCUT2D eigenvalue weighted by Crippen LogP contribution is 2.35. The number of carbonyl (C=O) groups excluding carboxylic acids is 1. The van der Waals surface area contributed by atoms with E-state index in [-0.39, 0.29) is 11.8 Å². The van der Waals surface area contributed by atoms with E-state index >= 15 is 0 Å². The number of thiophene rings is 1. The van der Waals surface area contributed by atoms with Crippen LogP contribution in [-0.4, -0.2) is 11.1 Å². The lowest BCUT2D eigenvalue weighted by molar-refractivity contribution is 0.0825. The second-order valence-corrected chi connectivity index (χ2v) is 9.71. The summed E-state index contributed by atoms with van der Waals surface area (Å²) in [7, 11) is 0. The summed E-state index contributed by atoms with van der Waals surface area (Å²) in [5, 5.41) is 26.7. The maximum absolute atomic E-state index is 11.1. The van der Waals surface area contributed by atoms with Gasteiger partial charge < -0.3 is 16.2 Å². The zero-order chi connectivity index (χ0) is 22.4. The van der Waals surface area contributed by atoms with Crippen molar-refractivity contribution in [2.45, 2.75) is 63.2 Å². The van der Waals surface area contributed by atoms with E-state index < -0.39 is 11.6 Å². The van der Waals surface area contributed by atoms with Crippen molar-refractivity contribution in [1.82, 2.24) is 0 Å². The summed E-state index contributed by atoms with van der Waals surface area (Å²) >= 11 is 2.74. The quantitative estimate of drug-likeness (QED) is 0.479. The molecule has 0 unspecified atom stereocenters. The Kier molecular flexibility index (Phi) is 9.17. The number of aliphatic hydroxyl groups is 1. The Hall–Kier alpha value is -2.05. The van der Waals surface area contributed by atoms with Gasteiger partial charge in [0.25, 0.3) is 0 Å². The van der Waals surface area contributed by atoms with Crippen LogP contribution in [0, 0.1) is 11.3 Å². The molecule has 0 spiro atoms. The monoisotopic (exact) mass is 434 g/mol. The number of amides is 2. The Morgan fingerprint density at radius 1 is 1.21 bits per heavy atom. The highest BCUT2D eigenvalue weighted by Gasteiger charge is 2.19. The van der Waals surface area contributed by atoms with E-state index in [1.54, 1.807) is 19.9 Å². The molecule has 1 aromatic heterocycles. The fourth-order valence-corrected chi connectivity index (χ4v) is 4.14. The molecule has 0 bridgehead atoms. The van der Waals surface area contributed by atoms with Gasteiger partial charge >= 0.3 is 6.03 Å². The van der Waals surface area contributed by atoms with Gasteiger partial charge in [0, 0.05) is 4.88 Å². The molecule has 1 aromatic carbocycles. The van der Waals surface area contributed by atoms with Gasteiger partial charge in [0.05, 0.1) is 27.1 Å². The minimum Gasteiger partial charge on any atom is -0.385 e. The lowest BCUT2D eigenvalue weighted by Crippen LogP contribution is -2.22. The number of anilines is 1. The molecule has 0 aliphatic carbocycles. The largest absolute Gasteiger partial charge is 0.385 e. The smallest absolute Gasteiger partial charge is 0.316 e. The third-order valence-electron chi connectivity index (χ3n) is 4.15. The van der Waals surface area contributed by atoms with E-state index in [1.807, 2.05) is 45.9 Å². The van der Waals surface area contributed by atoms with Gasteiger partial charge in [-0.05, 0) is 67.0 Å². The normalized spacial score (nSPS) is 11.1. The summed E-state index contributed by atoms with van der Waals surface area (Å²) in [6.45, 7) is 11.6. The van der Waals surface area contributed by atoms with Gasteiger partial charge in [0.1, 0.15) is 0 Å². The van der Waals surface area contributed by atoms with E-state index in [9.17, 15) is 9.90 Å². The summed E-state index contributed by atoms with van der Waals surface area (Å²) in [5.41, 5.74) is 7.60. The second-order valence-electron chi connectivity index (χ2n) is 7.70. The summed E-state index contributed by atoms with van der Waals surface area (Å²) in [6.07, 6.45) is 0. The molecule has 158 valence electrons. The second kappa shape index (κ2) is 10.6. The van der Waals surface area contributed by atoms with E-state index in [0.29, 0.717) is 11.3 Å². The number of carbonyl (C=O) groups is 1. The maximum atomic E-state index is 11.1. The molecule has 0 fully saturated rings. The number of hydrogen-bond acceptors (Lipinski definition) is 6. The zero-order valence-electron chi connectivity index (χ0n) is 17.7. The van der Waals surface area contributed by atoms with E-state index in [1.165, 1.54) is 23.3 Å². The Balaban J connectivity index is 0.000000326. The number of nitrogens with one attached hydrogen (secondary N) is 1. The van der Waals surface area contributed by atoms with Crippen molar-refractivity contribution < 1.29 is 9.90 Å². The van der Waals surface area contributed by atoms with Gasteiger partial charge in [-0.15, -0.1) is 11.3 Å². The van der Waals surface area contributed by atoms with Crippen molar-refractivity contribution in [2.24, 2.45) is 10.9 Å². The molecule has 2 rings (SSSR count). The van der Waals surface area contributed by atoms with Gasteiger partial charge in [-0.2, -0.15) is 5.26 Å². The molecule has 0 aliphatic rings. The predicted molar refractivity (Wildman–Crippen MR) is 122 cm³/mol. The van der Waals surface area contributed by atoms with Gasteiger partial charge in [-0.1, -0.05) is 33.8 Å². The van der Waals surface area contributed by atoms with Crippen LogP contribution in [0.1, 0.15) is 74.9 Å². The van der Waals surface area contributed by atoms with Gasteiger partial charge in [0.2, 0.25) is 0 Å². The minimum absolute atomic E-state index is 0.139. The summed E-state index contributed by atoms with van der Waals surface area (Å²) in [4.78, 5) is 12.1. The number of rotatable bonds is 5. The first-order valence-electron chi connectivity index (χ1n) is 9.25. The molecule has 8 heteroatoms. The van der Waals surface area contributed by atoms with Crippen LogP contribution in [0.2, 0.25) is 0 Å². The topological polar surface area (TPSA) is 125 Å². The first-order chi connectivity index (χ1) is 13.4. The molecule has 0 saturated carbocycles.